The number of nitrogens with one attached hydrogen (secondary N) is 1. The van der Waals surface area contributed by atoms with Gasteiger partial charge in [0.15, 0.2) is 0 Å². The normalized spacial score (nSPS) is 32.4. The summed E-state index contributed by atoms with van der Waals surface area (Å²) in [4.78, 5) is 2.64. The topological polar surface area (TPSA) is 35.5 Å². The smallest absolute Gasteiger partial charge is 0.0552 e. The van der Waals surface area contributed by atoms with Crippen LogP contribution in [0.3, 0.4) is 0 Å². The van der Waals surface area contributed by atoms with E-state index < -0.39 is 0 Å². The number of aliphatic hydroxyl groups is 1. The Morgan fingerprint density at radius 2 is 1.95 bits per heavy atom. The van der Waals surface area contributed by atoms with Crippen LogP contribution in [-0.2, 0) is 0 Å². The van der Waals surface area contributed by atoms with Crippen molar-refractivity contribution in [1.82, 2.24) is 10.2 Å². The zero-order valence-corrected chi connectivity index (χ0v) is 13.1. The first-order chi connectivity index (χ1) is 9.67. The minimum atomic E-state index is -0.133. The summed E-state index contributed by atoms with van der Waals surface area (Å²) in [6, 6.07) is 0.831. The fraction of sp³-hybridized carbons (Fsp3) is 1.00. The van der Waals surface area contributed by atoms with Crippen molar-refractivity contribution >= 4 is 0 Å². The van der Waals surface area contributed by atoms with Gasteiger partial charge >= 0.3 is 0 Å². The molecular weight excluding hydrogens is 248 g/mol. The van der Waals surface area contributed by atoms with Crippen LogP contribution in [0, 0.1) is 11.3 Å². The van der Waals surface area contributed by atoms with Gasteiger partial charge in [-0.05, 0) is 56.9 Å². The highest BCUT2D eigenvalue weighted by molar-refractivity contribution is 4.93. The van der Waals surface area contributed by atoms with Gasteiger partial charge in [-0.3, -0.25) is 0 Å². The molecule has 2 unspecified atom stereocenters. The second-order valence-electron chi connectivity index (χ2n) is 7.74. The molecule has 0 radical (unpaired) electrons. The monoisotopic (exact) mass is 280 g/mol. The first kappa shape index (κ1) is 14.8. The highest BCUT2D eigenvalue weighted by atomic mass is 16.3. The van der Waals surface area contributed by atoms with E-state index in [1.165, 1.54) is 71.0 Å². The van der Waals surface area contributed by atoms with Crippen molar-refractivity contribution in [3.05, 3.63) is 0 Å². The lowest BCUT2D eigenvalue weighted by molar-refractivity contribution is 0.0969. The van der Waals surface area contributed by atoms with Crippen LogP contribution in [0.2, 0.25) is 0 Å². The Morgan fingerprint density at radius 1 is 1.20 bits per heavy atom. The van der Waals surface area contributed by atoms with Gasteiger partial charge in [0.1, 0.15) is 0 Å². The molecule has 2 N–H and O–H groups in total. The summed E-state index contributed by atoms with van der Waals surface area (Å²) in [6.07, 6.45) is 10.9. The van der Waals surface area contributed by atoms with Gasteiger partial charge in [-0.15, -0.1) is 0 Å². The van der Waals surface area contributed by atoms with Crippen molar-refractivity contribution in [3.63, 3.8) is 0 Å². The number of hydrogen-bond donors (Lipinski definition) is 2. The molecule has 2 atom stereocenters. The summed E-state index contributed by atoms with van der Waals surface area (Å²) in [5.74, 6) is 0.507. The minimum absolute atomic E-state index is 0.133. The van der Waals surface area contributed by atoms with Crippen LogP contribution in [0.25, 0.3) is 0 Å². The van der Waals surface area contributed by atoms with Crippen molar-refractivity contribution in [2.24, 2.45) is 11.3 Å². The molecule has 2 aliphatic carbocycles. The zero-order valence-electron chi connectivity index (χ0n) is 13.1. The SMILES string of the molecule is CC(O)C1CCN(CC2(CNC3CC3)CCCCC2)C1. The van der Waals surface area contributed by atoms with E-state index in [2.05, 4.69) is 10.2 Å². The standard InChI is InChI=1S/C17H32N2O/c1-14(20)15-7-10-19(11-15)13-17(8-3-2-4-9-17)12-18-16-5-6-16/h14-16,18,20H,2-13H2,1H3. The van der Waals surface area contributed by atoms with Gasteiger partial charge in [-0.1, -0.05) is 19.3 Å². The average molecular weight is 280 g/mol. The molecule has 1 aliphatic heterocycles. The molecule has 1 heterocycles. The Bertz CT molecular complexity index is 308. The molecule has 20 heavy (non-hydrogen) atoms. The van der Waals surface area contributed by atoms with E-state index in [0.29, 0.717) is 11.3 Å². The van der Waals surface area contributed by atoms with Gasteiger partial charge in [0.05, 0.1) is 6.10 Å². The highest BCUT2D eigenvalue weighted by Gasteiger charge is 2.37. The summed E-state index contributed by atoms with van der Waals surface area (Å²) in [7, 11) is 0. The average Bonchev–Trinajstić information content (AvgIpc) is 3.16. The minimum Gasteiger partial charge on any atom is -0.393 e. The molecule has 2 saturated carbocycles. The molecule has 3 rings (SSSR count). The summed E-state index contributed by atoms with van der Waals surface area (Å²) in [6.45, 7) is 6.76. The Balaban J connectivity index is 1.55. The lowest BCUT2D eigenvalue weighted by Crippen LogP contribution is -2.45. The van der Waals surface area contributed by atoms with E-state index in [1.54, 1.807) is 0 Å². The fourth-order valence-electron chi connectivity index (χ4n) is 4.22. The quantitative estimate of drug-likeness (QED) is 0.784. The number of likely N-dealkylation sites (tertiary alicyclic amines) is 1. The lowest BCUT2D eigenvalue weighted by atomic mass is 9.73. The van der Waals surface area contributed by atoms with E-state index in [1.807, 2.05) is 6.92 Å². The Kier molecular flexibility index (Phi) is 4.68. The Morgan fingerprint density at radius 3 is 2.55 bits per heavy atom. The lowest BCUT2D eigenvalue weighted by Gasteiger charge is -2.40. The first-order valence-corrected chi connectivity index (χ1v) is 8.81. The summed E-state index contributed by atoms with van der Waals surface area (Å²) < 4.78 is 0. The summed E-state index contributed by atoms with van der Waals surface area (Å²) >= 11 is 0. The second kappa shape index (κ2) is 6.33. The van der Waals surface area contributed by atoms with Crippen molar-refractivity contribution in [2.75, 3.05) is 26.2 Å². The largest absolute Gasteiger partial charge is 0.393 e. The maximum absolute atomic E-state index is 9.79. The Labute approximate surface area is 124 Å². The van der Waals surface area contributed by atoms with Gasteiger partial charge in [0, 0.05) is 25.7 Å². The van der Waals surface area contributed by atoms with Gasteiger partial charge in [0.2, 0.25) is 0 Å². The summed E-state index contributed by atoms with van der Waals surface area (Å²) in [5.41, 5.74) is 0.522. The van der Waals surface area contributed by atoms with Crippen LogP contribution in [-0.4, -0.2) is 48.3 Å². The third-order valence-electron chi connectivity index (χ3n) is 5.81. The number of aliphatic hydroxyl groups excluding tert-OH is 1. The molecule has 3 heteroatoms. The molecule has 3 aliphatic rings. The molecule has 0 amide bonds. The van der Waals surface area contributed by atoms with E-state index in [-0.39, 0.29) is 6.10 Å². The summed E-state index contributed by atoms with van der Waals surface area (Å²) in [5, 5.41) is 13.6. The van der Waals surface area contributed by atoms with E-state index >= 15 is 0 Å². The van der Waals surface area contributed by atoms with Crippen LogP contribution in [0.1, 0.15) is 58.3 Å². The highest BCUT2D eigenvalue weighted by Crippen LogP contribution is 2.38. The molecule has 3 nitrogen and oxygen atoms in total. The zero-order chi connectivity index (χ0) is 14.0. The molecule has 0 bridgehead atoms. The van der Waals surface area contributed by atoms with Crippen LogP contribution in [0.5, 0.6) is 0 Å². The maximum Gasteiger partial charge on any atom is 0.0552 e. The fourth-order valence-corrected chi connectivity index (χ4v) is 4.22. The number of rotatable bonds is 6. The van der Waals surface area contributed by atoms with E-state index in [9.17, 15) is 5.11 Å². The van der Waals surface area contributed by atoms with Gasteiger partial charge in [0.25, 0.3) is 0 Å². The molecule has 116 valence electrons. The van der Waals surface area contributed by atoms with Crippen molar-refractivity contribution in [1.29, 1.82) is 0 Å². The van der Waals surface area contributed by atoms with Gasteiger partial charge in [-0.25, -0.2) is 0 Å². The number of nitrogens with zero attached hydrogens (tertiary/aromatic N) is 1. The van der Waals surface area contributed by atoms with Crippen molar-refractivity contribution in [2.45, 2.75) is 70.4 Å². The predicted molar refractivity (Wildman–Crippen MR) is 82.8 cm³/mol. The van der Waals surface area contributed by atoms with Crippen molar-refractivity contribution < 1.29 is 5.11 Å². The molecule has 1 saturated heterocycles. The predicted octanol–water partition coefficient (Wildman–Crippen LogP) is 2.39. The molecular formula is C17H32N2O. The van der Waals surface area contributed by atoms with E-state index in [4.69, 9.17) is 0 Å². The van der Waals surface area contributed by atoms with Crippen molar-refractivity contribution in [3.8, 4) is 0 Å². The molecule has 0 aromatic heterocycles. The molecule has 3 fully saturated rings. The van der Waals surface area contributed by atoms with Crippen LogP contribution < -0.4 is 5.32 Å². The van der Waals surface area contributed by atoms with Crippen LogP contribution in [0.15, 0.2) is 0 Å². The van der Waals surface area contributed by atoms with E-state index in [0.717, 1.165) is 12.6 Å². The first-order valence-electron chi connectivity index (χ1n) is 8.81. The third kappa shape index (κ3) is 3.75. The second-order valence-corrected chi connectivity index (χ2v) is 7.74. The third-order valence-corrected chi connectivity index (χ3v) is 5.81. The van der Waals surface area contributed by atoms with Gasteiger partial charge < -0.3 is 15.3 Å². The van der Waals surface area contributed by atoms with Crippen LogP contribution in [0.4, 0.5) is 0 Å². The maximum atomic E-state index is 9.79. The molecule has 0 spiro atoms. The molecule has 0 aromatic carbocycles. The Hall–Kier alpha value is -0.120. The van der Waals surface area contributed by atoms with Gasteiger partial charge in [-0.2, -0.15) is 0 Å². The van der Waals surface area contributed by atoms with Crippen LogP contribution >= 0.6 is 0 Å². The molecule has 0 aromatic rings. The number of hydrogen-bond acceptors (Lipinski definition) is 3.